The van der Waals surface area contributed by atoms with E-state index in [9.17, 15) is 0 Å². The molecule has 2 nitrogen and oxygen atoms in total. The summed E-state index contributed by atoms with van der Waals surface area (Å²) in [6, 6.07) is 9.13. The number of benzene rings is 1. The van der Waals surface area contributed by atoms with Crippen LogP contribution in [0, 0.1) is 5.92 Å². The van der Waals surface area contributed by atoms with Crippen molar-refractivity contribution in [3.63, 3.8) is 0 Å². The van der Waals surface area contributed by atoms with E-state index in [2.05, 4.69) is 57.3 Å². The molecule has 0 aliphatic heterocycles. The monoisotopic (exact) mass is 249 g/mol. The lowest BCUT2D eigenvalue weighted by atomic mass is 9.96. The number of rotatable bonds is 7. The summed E-state index contributed by atoms with van der Waals surface area (Å²) in [6.45, 7) is 9.71. The van der Waals surface area contributed by atoms with E-state index in [0.717, 1.165) is 13.0 Å². The van der Waals surface area contributed by atoms with Gasteiger partial charge in [0.1, 0.15) is 0 Å². The van der Waals surface area contributed by atoms with Crippen molar-refractivity contribution in [2.24, 2.45) is 5.92 Å². The van der Waals surface area contributed by atoms with Crippen LogP contribution >= 0.6 is 0 Å². The summed E-state index contributed by atoms with van der Waals surface area (Å²) in [5.41, 5.74) is 2.73. The smallest absolute Gasteiger partial charge is 0.0737 e. The van der Waals surface area contributed by atoms with Gasteiger partial charge in [-0.2, -0.15) is 0 Å². The molecule has 1 aromatic rings. The molecule has 1 rings (SSSR count). The maximum Gasteiger partial charge on any atom is 0.0737 e. The van der Waals surface area contributed by atoms with E-state index in [0.29, 0.717) is 5.92 Å². The normalized spacial score (nSPS) is 14.8. The second-order valence-corrected chi connectivity index (χ2v) is 5.32. The molecule has 2 unspecified atom stereocenters. The number of methoxy groups -OCH3 is 1. The Morgan fingerprint density at radius 2 is 1.94 bits per heavy atom. The molecule has 0 aliphatic rings. The van der Waals surface area contributed by atoms with Crippen molar-refractivity contribution < 1.29 is 4.74 Å². The first-order valence-electron chi connectivity index (χ1n) is 6.93. The molecule has 1 aromatic carbocycles. The van der Waals surface area contributed by atoms with E-state index in [1.165, 1.54) is 11.1 Å². The predicted octanol–water partition coefficient (Wildman–Crippen LogP) is 3.57. The SMILES string of the molecule is CCNC(c1cccc(CC(C)C)c1)C(C)OC. The number of hydrogen-bond donors (Lipinski definition) is 1. The highest BCUT2D eigenvalue weighted by molar-refractivity contribution is 5.27. The number of likely N-dealkylation sites (N-methyl/N-ethyl adjacent to an activating group) is 1. The summed E-state index contributed by atoms with van der Waals surface area (Å²) in [4.78, 5) is 0. The summed E-state index contributed by atoms with van der Waals surface area (Å²) in [6.07, 6.45) is 1.31. The molecular weight excluding hydrogens is 222 g/mol. The molecule has 2 heteroatoms. The van der Waals surface area contributed by atoms with Gasteiger partial charge in [0.15, 0.2) is 0 Å². The molecule has 0 radical (unpaired) electrons. The van der Waals surface area contributed by atoms with Gasteiger partial charge in [0.2, 0.25) is 0 Å². The van der Waals surface area contributed by atoms with Crippen molar-refractivity contribution in [2.75, 3.05) is 13.7 Å². The molecule has 2 atom stereocenters. The van der Waals surface area contributed by atoms with E-state index < -0.39 is 0 Å². The van der Waals surface area contributed by atoms with Crippen LogP contribution in [0.4, 0.5) is 0 Å². The first kappa shape index (κ1) is 15.2. The highest BCUT2D eigenvalue weighted by Gasteiger charge is 2.18. The molecule has 0 bridgehead atoms. The third-order valence-corrected chi connectivity index (χ3v) is 3.22. The van der Waals surface area contributed by atoms with Crippen LogP contribution in [-0.2, 0) is 11.2 Å². The summed E-state index contributed by atoms with van der Waals surface area (Å²) in [5.74, 6) is 0.692. The van der Waals surface area contributed by atoms with E-state index in [1.54, 1.807) is 7.11 Å². The van der Waals surface area contributed by atoms with Gasteiger partial charge in [0.25, 0.3) is 0 Å². The fraction of sp³-hybridized carbons (Fsp3) is 0.625. The van der Waals surface area contributed by atoms with Crippen molar-refractivity contribution in [1.29, 1.82) is 0 Å². The van der Waals surface area contributed by atoms with Gasteiger partial charge in [0, 0.05) is 7.11 Å². The zero-order chi connectivity index (χ0) is 13.5. The lowest BCUT2D eigenvalue weighted by Crippen LogP contribution is -2.31. The van der Waals surface area contributed by atoms with E-state index in [1.807, 2.05) is 0 Å². The van der Waals surface area contributed by atoms with Crippen LogP contribution in [0.15, 0.2) is 24.3 Å². The Hall–Kier alpha value is -0.860. The standard InChI is InChI=1S/C16H27NO/c1-6-17-16(13(4)18-5)15-9-7-8-14(11-15)10-12(2)3/h7-9,11-13,16-17H,6,10H2,1-5H3. The molecule has 0 heterocycles. The Bertz CT molecular complexity index is 349. The summed E-state index contributed by atoms with van der Waals surface area (Å²) in [5, 5.41) is 3.51. The minimum Gasteiger partial charge on any atom is -0.380 e. The lowest BCUT2D eigenvalue weighted by Gasteiger charge is -2.24. The maximum absolute atomic E-state index is 5.48. The lowest BCUT2D eigenvalue weighted by molar-refractivity contribution is 0.0835. The molecule has 18 heavy (non-hydrogen) atoms. The Morgan fingerprint density at radius 1 is 1.22 bits per heavy atom. The summed E-state index contributed by atoms with van der Waals surface area (Å²) in [7, 11) is 1.77. The molecule has 0 amide bonds. The van der Waals surface area contributed by atoms with Gasteiger partial charge in [0.05, 0.1) is 12.1 Å². The molecular formula is C16H27NO. The van der Waals surface area contributed by atoms with Crippen molar-refractivity contribution in [2.45, 2.75) is 46.3 Å². The second-order valence-electron chi connectivity index (χ2n) is 5.32. The summed E-state index contributed by atoms with van der Waals surface area (Å²) < 4.78 is 5.48. The molecule has 0 aliphatic carbocycles. The number of nitrogens with one attached hydrogen (secondary N) is 1. The topological polar surface area (TPSA) is 21.3 Å². The van der Waals surface area contributed by atoms with Gasteiger partial charge < -0.3 is 10.1 Å². The Balaban J connectivity index is 2.90. The highest BCUT2D eigenvalue weighted by atomic mass is 16.5. The van der Waals surface area contributed by atoms with E-state index >= 15 is 0 Å². The minimum absolute atomic E-state index is 0.180. The van der Waals surface area contributed by atoms with Crippen molar-refractivity contribution in [3.8, 4) is 0 Å². The molecule has 0 saturated carbocycles. The average Bonchev–Trinajstić information content (AvgIpc) is 2.34. The van der Waals surface area contributed by atoms with Gasteiger partial charge in [-0.05, 0) is 36.9 Å². The van der Waals surface area contributed by atoms with Crippen LogP contribution in [0.3, 0.4) is 0 Å². The van der Waals surface area contributed by atoms with Crippen molar-refractivity contribution in [1.82, 2.24) is 5.32 Å². The largest absolute Gasteiger partial charge is 0.380 e. The first-order chi connectivity index (χ1) is 8.58. The Morgan fingerprint density at radius 3 is 2.50 bits per heavy atom. The summed E-state index contributed by atoms with van der Waals surface area (Å²) >= 11 is 0. The molecule has 0 aromatic heterocycles. The zero-order valence-electron chi connectivity index (χ0n) is 12.4. The Kier molecular flexibility index (Phi) is 6.37. The van der Waals surface area contributed by atoms with Gasteiger partial charge >= 0.3 is 0 Å². The van der Waals surface area contributed by atoms with E-state index in [4.69, 9.17) is 4.74 Å². The van der Waals surface area contributed by atoms with Crippen LogP contribution in [-0.4, -0.2) is 19.8 Å². The van der Waals surface area contributed by atoms with Crippen LogP contribution in [0.1, 0.15) is 44.9 Å². The predicted molar refractivity (Wildman–Crippen MR) is 77.9 cm³/mol. The van der Waals surface area contributed by atoms with Crippen molar-refractivity contribution >= 4 is 0 Å². The second kappa shape index (κ2) is 7.55. The quantitative estimate of drug-likeness (QED) is 0.797. The third-order valence-electron chi connectivity index (χ3n) is 3.22. The van der Waals surface area contributed by atoms with Gasteiger partial charge in [-0.15, -0.1) is 0 Å². The number of hydrogen-bond acceptors (Lipinski definition) is 2. The fourth-order valence-electron chi connectivity index (χ4n) is 2.30. The third kappa shape index (κ3) is 4.43. The van der Waals surface area contributed by atoms with Crippen LogP contribution < -0.4 is 5.32 Å². The first-order valence-corrected chi connectivity index (χ1v) is 6.93. The van der Waals surface area contributed by atoms with Gasteiger partial charge in [-0.1, -0.05) is 45.0 Å². The zero-order valence-corrected chi connectivity index (χ0v) is 12.4. The van der Waals surface area contributed by atoms with Gasteiger partial charge in [-0.3, -0.25) is 0 Å². The van der Waals surface area contributed by atoms with E-state index in [-0.39, 0.29) is 12.1 Å². The van der Waals surface area contributed by atoms with Crippen LogP contribution in [0.5, 0.6) is 0 Å². The molecule has 0 spiro atoms. The van der Waals surface area contributed by atoms with Crippen LogP contribution in [0.25, 0.3) is 0 Å². The van der Waals surface area contributed by atoms with Gasteiger partial charge in [-0.25, -0.2) is 0 Å². The van der Waals surface area contributed by atoms with Crippen molar-refractivity contribution in [3.05, 3.63) is 35.4 Å². The Labute approximate surface area is 112 Å². The minimum atomic E-state index is 0.180. The fourth-order valence-corrected chi connectivity index (χ4v) is 2.30. The van der Waals surface area contributed by atoms with Crippen LogP contribution in [0.2, 0.25) is 0 Å². The maximum atomic E-state index is 5.48. The molecule has 0 saturated heterocycles. The average molecular weight is 249 g/mol. The molecule has 0 fully saturated rings. The highest BCUT2D eigenvalue weighted by Crippen LogP contribution is 2.21. The molecule has 102 valence electrons. The number of ether oxygens (including phenoxy) is 1. The molecule has 1 N–H and O–H groups in total.